The molecule has 4 nitrogen and oxygen atoms in total. The lowest BCUT2D eigenvalue weighted by molar-refractivity contribution is 0.102. The molecule has 0 fully saturated rings. The normalized spacial score (nSPS) is 10.6. The maximum Gasteiger partial charge on any atom is 0.255 e. The molecule has 5 heteroatoms. The summed E-state index contributed by atoms with van der Waals surface area (Å²) < 4.78 is 8.42. The number of rotatable bonds is 2. The molecule has 1 N–H and O–H groups in total. The van der Waals surface area contributed by atoms with Crippen molar-refractivity contribution >= 4 is 34.4 Å². The van der Waals surface area contributed by atoms with E-state index in [1.165, 1.54) is 0 Å². The van der Waals surface area contributed by atoms with Gasteiger partial charge in [0.05, 0.1) is 17.4 Å². The zero-order valence-corrected chi connectivity index (χ0v) is 11.1. The van der Waals surface area contributed by atoms with Crippen LogP contribution in [-0.4, -0.2) is 14.7 Å². The second-order valence-electron chi connectivity index (χ2n) is 4.21. The Morgan fingerprint density at radius 1 is 1.11 bits per heavy atom. The van der Waals surface area contributed by atoms with Crippen molar-refractivity contribution < 1.29 is 4.79 Å². The van der Waals surface area contributed by atoms with E-state index in [2.05, 4.69) is 14.1 Å². The average Bonchev–Trinajstić information content (AvgIpc) is 2.91. The van der Waals surface area contributed by atoms with Gasteiger partial charge >= 0.3 is 0 Å². The molecule has 94 valence electrons. The lowest BCUT2D eigenvalue weighted by atomic mass is 10.1. The number of benzene rings is 2. The van der Waals surface area contributed by atoms with Crippen LogP contribution in [0.3, 0.4) is 0 Å². The predicted molar refractivity (Wildman–Crippen MR) is 76.5 cm³/mol. The summed E-state index contributed by atoms with van der Waals surface area (Å²) in [5.74, 6) is -0.135. The molecule has 0 atom stereocenters. The minimum Gasteiger partial charge on any atom is -0.320 e. The van der Waals surface area contributed by atoms with Crippen molar-refractivity contribution in [2.45, 2.75) is 6.92 Å². The van der Waals surface area contributed by atoms with Crippen molar-refractivity contribution in [3.05, 3.63) is 53.6 Å². The van der Waals surface area contributed by atoms with Crippen molar-refractivity contribution in [2.24, 2.45) is 0 Å². The fourth-order valence-corrected chi connectivity index (χ4v) is 2.43. The van der Waals surface area contributed by atoms with Crippen LogP contribution in [0, 0.1) is 6.92 Å². The van der Waals surface area contributed by atoms with E-state index in [0.29, 0.717) is 5.56 Å². The third-order valence-corrected chi connectivity index (χ3v) is 3.45. The largest absolute Gasteiger partial charge is 0.320 e. The first-order chi connectivity index (χ1) is 9.25. The Hall–Kier alpha value is -2.27. The second kappa shape index (κ2) is 4.78. The standard InChI is InChI=1S/C14H11N3OS/c1-9-7-8-11-13(17-19-16-11)12(9)15-14(18)10-5-3-2-4-6-10/h2-8H,1H3,(H,15,18). The van der Waals surface area contributed by atoms with E-state index in [4.69, 9.17) is 0 Å². The summed E-state index contributed by atoms with van der Waals surface area (Å²) in [4.78, 5) is 12.2. The highest BCUT2D eigenvalue weighted by atomic mass is 32.1. The van der Waals surface area contributed by atoms with E-state index >= 15 is 0 Å². The van der Waals surface area contributed by atoms with Gasteiger partial charge in [-0.05, 0) is 30.7 Å². The van der Waals surface area contributed by atoms with Crippen molar-refractivity contribution in [1.82, 2.24) is 8.75 Å². The zero-order chi connectivity index (χ0) is 13.2. The van der Waals surface area contributed by atoms with Crippen molar-refractivity contribution in [2.75, 3.05) is 5.32 Å². The lowest BCUT2D eigenvalue weighted by Crippen LogP contribution is -2.12. The van der Waals surface area contributed by atoms with Crippen LogP contribution < -0.4 is 5.32 Å². The number of aromatic nitrogens is 2. The highest BCUT2D eigenvalue weighted by Crippen LogP contribution is 2.25. The zero-order valence-electron chi connectivity index (χ0n) is 10.3. The SMILES string of the molecule is Cc1ccc2nsnc2c1NC(=O)c1ccccc1. The number of fused-ring (bicyclic) bond motifs is 1. The van der Waals surface area contributed by atoms with E-state index in [9.17, 15) is 4.79 Å². The summed E-state index contributed by atoms with van der Waals surface area (Å²) in [5, 5.41) is 2.92. The number of carbonyl (C=O) groups is 1. The molecular formula is C14H11N3OS. The highest BCUT2D eigenvalue weighted by Gasteiger charge is 2.12. The van der Waals surface area contributed by atoms with Gasteiger partial charge in [-0.3, -0.25) is 4.79 Å². The number of anilines is 1. The summed E-state index contributed by atoms with van der Waals surface area (Å²) in [6.07, 6.45) is 0. The highest BCUT2D eigenvalue weighted by molar-refractivity contribution is 7.00. The number of nitrogens with zero attached hydrogens (tertiary/aromatic N) is 2. The fraction of sp³-hybridized carbons (Fsp3) is 0.0714. The van der Waals surface area contributed by atoms with Gasteiger partial charge < -0.3 is 5.32 Å². The van der Waals surface area contributed by atoms with Gasteiger partial charge in [-0.15, -0.1) is 0 Å². The average molecular weight is 269 g/mol. The summed E-state index contributed by atoms with van der Waals surface area (Å²) in [6.45, 7) is 1.94. The Morgan fingerprint density at radius 3 is 2.68 bits per heavy atom. The number of amides is 1. The Bertz CT molecular complexity index is 737. The molecule has 3 rings (SSSR count). The van der Waals surface area contributed by atoms with Crippen LogP contribution in [-0.2, 0) is 0 Å². The number of carbonyl (C=O) groups excluding carboxylic acids is 1. The monoisotopic (exact) mass is 269 g/mol. The molecule has 0 spiro atoms. The number of nitrogens with one attached hydrogen (secondary N) is 1. The topological polar surface area (TPSA) is 54.9 Å². The van der Waals surface area contributed by atoms with E-state index < -0.39 is 0 Å². The third-order valence-electron chi connectivity index (χ3n) is 2.91. The fourth-order valence-electron chi connectivity index (χ4n) is 1.89. The first-order valence-electron chi connectivity index (χ1n) is 5.84. The quantitative estimate of drug-likeness (QED) is 0.777. The number of aryl methyl sites for hydroxylation is 1. The maximum atomic E-state index is 12.2. The van der Waals surface area contributed by atoms with Gasteiger partial charge in [-0.25, -0.2) is 0 Å². The summed E-state index contributed by atoms with van der Waals surface area (Å²) in [6, 6.07) is 13.0. The molecule has 0 radical (unpaired) electrons. The Morgan fingerprint density at radius 2 is 1.89 bits per heavy atom. The number of hydrogen-bond acceptors (Lipinski definition) is 4. The molecule has 1 heterocycles. The van der Waals surface area contributed by atoms with Crippen LogP contribution in [0.1, 0.15) is 15.9 Å². The minimum atomic E-state index is -0.135. The van der Waals surface area contributed by atoms with E-state index in [1.54, 1.807) is 12.1 Å². The van der Waals surface area contributed by atoms with E-state index in [-0.39, 0.29) is 5.91 Å². The molecule has 0 aliphatic rings. The number of hydrogen-bond donors (Lipinski definition) is 1. The first-order valence-corrected chi connectivity index (χ1v) is 6.57. The van der Waals surface area contributed by atoms with Gasteiger partial charge in [-0.2, -0.15) is 8.75 Å². The van der Waals surface area contributed by atoms with Crippen LogP contribution in [0.15, 0.2) is 42.5 Å². The van der Waals surface area contributed by atoms with Gasteiger partial charge in [0.2, 0.25) is 0 Å². The van der Waals surface area contributed by atoms with Crippen molar-refractivity contribution in [3.63, 3.8) is 0 Å². The summed E-state index contributed by atoms with van der Waals surface area (Å²) in [7, 11) is 0. The van der Waals surface area contributed by atoms with Gasteiger partial charge in [0, 0.05) is 5.56 Å². The molecule has 0 saturated heterocycles. The molecule has 1 amide bonds. The molecule has 2 aromatic carbocycles. The van der Waals surface area contributed by atoms with Gasteiger partial charge in [0.1, 0.15) is 11.0 Å². The molecule has 0 aliphatic carbocycles. The molecule has 0 unspecified atom stereocenters. The molecule has 0 aliphatic heterocycles. The minimum absolute atomic E-state index is 0.135. The van der Waals surface area contributed by atoms with Crippen LogP contribution in [0.25, 0.3) is 11.0 Å². The molecule has 3 aromatic rings. The maximum absolute atomic E-state index is 12.2. The summed E-state index contributed by atoms with van der Waals surface area (Å²) in [5.41, 5.74) is 3.89. The molecule has 1 aromatic heterocycles. The van der Waals surface area contributed by atoms with Crippen molar-refractivity contribution in [1.29, 1.82) is 0 Å². The van der Waals surface area contributed by atoms with Gasteiger partial charge in [0.25, 0.3) is 5.91 Å². The van der Waals surface area contributed by atoms with Gasteiger partial charge in [0.15, 0.2) is 0 Å². The van der Waals surface area contributed by atoms with E-state index in [0.717, 1.165) is 34.0 Å². The van der Waals surface area contributed by atoms with Gasteiger partial charge in [-0.1, -0.05) is 24.3 Å². The molecular weight excluding hydrogens is 258 g/mol. The Kier molecular flexibility index (Phi) is 2.97. The van der Waals surface area contributed by atoms with Crippen LogP contribution in [0.2, 0.25) is 0 Å². The van der Waals surface area contributed by atoms with Crippen LogP contribution in [0.5, 0.6) is 0 Å². The van der Waals surface area contributed by atoms with E-state index in [1.807, 2.05) is 37.3 Å². The predicted octanol–water partition coefficient (Wildman–Crippen LogP) is 3.25. The summed E-state index contributed by atoms with van der Waals surface area (Å²) >= 11 is 1.15. The molecule has 0 bridgehead atoms. The van der Waals surface area contributed by atoms with Crippen molar-refractivity contribution in [3.8, 4) is 0 Å². The third kappa shape index (κ3) is 2.20. The second-order valence-corrected chi connectivity index (χ2v) is 4.74. The lowest BCUT2D eigenvalue weighted by Gasteiger charge is -2.08. The Balaban J connectivity index is 2.00. The Labute approximate surface area is 114 Å². The van der Waals surface area contributed by atoms with Crippen LogP contribution in [0.4, 0.5) is 5.69 Å². The first kappa shape index (κ1) is 11.8. The smallest absolute Gasteiger partial charge is 0.255 e. The molecule has 19 heavy (non-hydrogen) atoms. The van der Waals surface area contributed by atoms with Crippen LogP contribution >= 0.6 is 11.7 Å². The molecule has 0 saturated carbocycles.